The van der Waals surface area contributed by atoms with Gasteiger partial charge in [-0.15, -0.1) is 0 Å². The van der Waals surface area contributed by atoms with Gasteiger partial charge >= 0.3 is 11.9 Å². The molecule has 1 aromatic rings. The van der Waals surface area contributed by atoms with Crippen molar-refractivity contribution in [3.63, 3.8) is 0 Å². The van der Waals surface area contributed by atoms with E-state index >= 15 is 0 Å². The molecule has 0 bridgehead atoms. The van der Waals surface area contributed by atoms with E-state index in [0.717, 1.165) is 0 Å². The highest BCUT2D eigenvalue weighted by Gasteiger charge is 2.19. The number of benzene rings is 1. The third-order valence-electron chi connectivity index (χ3n) is 2.02. The standard InChI is InChI=1S/C12H11ClO4/c1-16-11(14)9(12(15)17-2)7-8-5-3-4-6-10(8)13/h3-7H,1-2H3. The maximum atomic E-state index is 11.4. The zero-order valence-electron chi connectivity index (χ0n) is 9.40. The summed E-state index contributed by atoms with van der Waals surface area (Å²) in [5.41, 5.74) is 0.336. The van der Waals surface area contributed by atoms with Gasteiger partial charge in [-0.2, -0.15) is 0 Å². The number of hydrogen-bond acceptors (Lipinski definition) is 4. The molecule has 0 amide bonds. The van der Waals surface area contributed by atoms with E-state index < -0.39 is 11.9 Å². The SMILES string of the molecule is COC(=O)C(=Cc1ccccc1Cl)C(=O)OC. The molecule has 0 aromatic heterocycles. The van der Waals surface area contributed by atoms with Gasteiger partial charge in [0.05, 0.1) is 14.2 Å². The monoisotopic (exact) mass is 254 g/mol. The minimum absolute atomic E-state index is 0.205. The summed E-state index contributed by atoms with van der Waals surface area (Å²) in [4.78, 5) is 22.8. The van der Waals surface area contributed by atoms with Crippen LogP contribution in [0.2, 0.25) is 5.02 Å². The van der Waals surface area contributed by atoms with Crippen molar-refractivity contribution >= 4 is 29.6 Å². The van der Waals surface area contributed by atoms with Crippen molar-refractivity contribution < 1.29 is 19.1 Å². The molecule has 0 saturated heterocycles. The molecule has 0 aliphatic rings. The van der Waals surface area contributed by atoms with E-state index in [4.69, 9.17) is 11.6 Å². The summed E-state index contributed by atoms with van der Waals surface area (Å²) in [6.07, 6.45) is 1.33. The molecule has 4 nitrogen and oxygen atoms in total. The topological polar surface area (TPSA) is 52.6 Å². The van der Waals surface area contributed by atoms with Crippen LogP contribution in [0.5, 0.6) is 0 Å². The summed E-state index contributed by atoms with van der Waals surface area (Å²) in [6.45, 7) is 0. The van der Waals surface area contributed by atoms with E-state index in [-0.39, 0.29) is 5.57 Å². The highest BCUT2D eigenvalue weighted by atomic mass is 35.5. The molecule has 1 rings (SSSR count). The lowest BCUT2D eigenvalue weighted by molar-refractivity contribution is -0.143. The maximum absolute atomic E-state index is 11.4. The number of ether oxygens (including phenoxy) is 2. The lowest BCUT2D eigenvalue weighted by atomic mass is 10.1. The Morgan fingerprint density at radius 3 is 2.12 bits per heavy atom. The van der Waals surface area contributed by atoms with Gasteiger partial charge in [0, 0.05) is 5.02 Å². The zero-order valence-corrected chi connectivity index (χ0v) is 10.2. The van der Waals surface area contributed by atoms with Crippen LogP contribution in [0.4, 0.5) is 0 Å². The fourth-order valence-electron chi connectivity index (χ4n) is 1.17. The molecule has 0 unspecified atom stereocenters. The first-order valence-electron chi connectivity index (χ1n) is 4.73. The number of rotatable bonds is 3. The Balaban J connectivity index is 3.19. The second kappa shape index (κ2) is 6.06. The van der Waals surface area contributed by atoms with Crippen LogP contribution >= 0.6 is 11.6 Å². The molecule has 0 saturated carbocycles. The Labute approximate surface area is 104 Å². The van der Waals surface area contributed by atoms with Crippen molar-refractivity contribution in [2.45, 2.75) is 0 Å². The van der Waals surface area contributed by atoms with Crippen molar-refractivity contribution in [1.82, 2.24) is 0 Å². The molecule has 0 aliphatic heterocycles. The maximum Gasteiger partial charge on any atom is 0.345 e. The first-order chi connectivity index (χ1) is 8.10. The molecular weight excluding hydrogens is 244 g/mol. The molecule has 0 heterocycles. The second-order valence-electron chi connectivity index (χ2n) is 3.06. The molecule has 0 radical (unpaired) electrons. The Morgan fingerprint density at radius 2 is 1.65 bits per heavy atom. The average Bonchev–Trinajstić information content (AvgIpc) is 2.36. The number of methoxy groups -OCH3 is 2. The fraction of sp³-hybridized carbons (Fsp3) is 0.167. The van der Waals surface area contributed by atoms with E-state index in [9.17, 15) is 9.59 Å². The van der Waals surface area contributed by atoms with Crippen LogP contribution in [0.3, 0.4) is 0 Å². The summed E-state index contributed by atoms with van der Waals surface area (Å²) in [5, 5.41) is 0.429. The molecule has 0 aliphatic carbocycles. The number of carbonyl (C=O) groups excluding carboxylic acids is 2. The first-order valence-corrected chi connectivity index (χ1v) is 5.10. The first kappa shape index (κ1) is 13.3. The van der Waals surface area contributed by atoms with Crippen molar-refractivity contribution in [1.29, 1.82) is 0 Å². The summed E-state index contributed by atoms with van der Waals surface area (Å²) in [7, 11) is 2.37. The van der Waals surface area contributed by atoms with Gasteiger partial charge in [-0.05, 0) is 17.7 Å². The van der Waals surface area contributed by atoms with Crippen LogP contribution in [0.25, 0.3) is 6.08 Å². The van der Waals surface area contributed by atoms with E-state index in [1.54, 1.807) is 24.3 Å². The predicted octanol–water partition coefficient (Wildman–Crippen LogP) is 2.07. The lowest BCUT2D eigenvalue weighted by Gasteiger charge is -2.04. The highest BCUT2D eigenvalue weighted by molar-refractivity contribution is 6.32. The van der Waals surface area contributed by atoms with Gasteiger partial charge in [-0.1, -0.05) is 29.8 Å². The normalized spacial score (nSPS) is 9.35. The van der Waals surface area contributed by atoms with Crippen LogP contribution in [-0.4, -0.2) is 26.2 Å². The van der Waals surface area contributed by atoms with E-state index in [1.165, 1.54) is 20.3 Å². The van der Waals surface area contributed by atoms with Crippen LogP contribution in [0.15, 0.2) is 29.8 Å². The molecule has 0 atom stereocenters. The van der Waals surface area contributed by atoms with E-state index in [2.05, 4.69) is 9.47 Å². The van der Waals surface area contributed by atoms with Crippen molar-refractivity contribution in [2.75, 3.05) is 14.2 Å². The quantitative estimate of drug-likeness (QED) is 0.359. The van der Waals surface area contributed by atoms with Gasteiger partial charge in [0.25, 0.3) is 0 Å². The van der Waals surface area contributed by atoms with Gasteiger partial charge < -0.3 is 9.47 Å². The summed E-state index contributed by atoms with van der Waals surface area (Å²) >= 11 is 5.92. The predicted molar refractivity (Wildman–Crippen MR) is 63.5 cm³/mol. The Hall–Kier alpha value is -1.81. The molecular formula is C12H11ClO4. The summed E-state index contributed by atoms with van der Waals surface area (Å²) < 4.78 is 8.99. The molecule has 0 spiro atoms. The average molecular weight is 255 g/mol. The van der Waals surface area contributed by atoms with Crippen LogP contribution in [0.1, 0.15) is 5.56 Å². The molecule has 1 aromatic carbocycles. The van der Waals surface area contributed by atoms with Crippen LogP contribution in [0, 0.1) is 0 Å². The number of hydrogen-bond donors (Lipinski definition) is 0. The van der Waals surface area contributed by atoms with Crippen molar-refractivity contribution in [3.8, 4) is 0 Å². The van der Waals surface area contributed by atoms with Crippen LogP contribution in [-0.2, 0) is 19.1 Å². The van der Waals surface area contributed by atoms with Crippen molar-refractivity contribution in [2.24, 2.45) is 0 Å². The Morgan fingerprint density at radius 1 is 1.12 bits per heavy atom. The van der Waals surface area contributed by atoms with Crippen molar-refractivity contribution in [3.05, 3.63) is 40.4 Å². The number of esters is 2. The minimum Gasteiger partial charge on any atom is -0.465 e. The zero-order chi connectivity index (χ0) is 12.8. The van der Waals surface area contributed by atoms with Gasteiger partial charge in [-0.3, -0.25) is 0 Å². The highest BCUT2D eigenvalue weighted by Crippen LogP contribution is 2.19. The van der Waals surface area contributed by atoms with E-state index in [1.807, 2.05) is 0 Å². The van der Waals surface area contributed by atoms with Crippen LogP contribution < -0.4 is 0 Å². The third-order valence-corrected chi connectivity index (χ3v) is 2.36. The minimum atomic E-state index is -0.767. The molecule has 5 heteroatoms. The largest absolute Gasteiger partial charge is 0.465 e. The molecule has 90 valence electrons. The lowest BCUT2D eigenvalue weighted by Crippen LogP contribution is -2.15. The van der Waals surface area contributed by atoms with Gasteiger partial charge in [-0.25, -0.2) is 9.59 Å². The smallest absolute Gasteiger partial charge is 0.345 e. The Bertz CT molecular complexity index is 447. The molecule has 17 heavy (non-hydrogen) atoms. The van der Waals surface area contributed by atoms with Gasteiger partial charge in [0.15, 0.2) is 0 Å². The fourth-order valence-corrected chi connectivity index (χ4v) is 1.36. The summed E-state index contributed by atoms with van der Waals surface area (Å²) in [5.74, 6) is -1.53. The number of halogens is 1. The van der Waals surface area contributed by atoms with E-state index in [0.29, 0.717) is 10.6 Å². The molecule has 0 fully saturated rings. The van der Waals surface area contributed by atoms with Gasteiger partial charge in [0.1, 0.15) is 5.57 Å². The number of carbonyl (C=O) groups is 2. The Kier molecular flexibility index (Phi) is 4.72. The molecule has 0 N–H and O–H groups in total. The summed E-state index contributed by atoms with van der Waals surface area (Å²) in [6, 6.07) is 6.81. The second-order valence-corrected chi connectivity index (χ2v) is 3.47. The van der Waals surface area contributed by atoms with Gasteiger partial charge in [0.2, 0.25) is 0 Å². The third kappa shape index (κ3) is 3.32.